The Morgan fingerprint density at radius 3 is 2.37 bits per heavy atom. The summed E-state index contributed by atoms with van der Waals surface area (Å²) in [5.41, 5.74) is 1.46. The summed E-state index contributed by atoms with van der Waals surface area (Å²) in [6.07, 6.45) is -0.705. The van der Waals surface area contributed by atoms with E-state index < -0.39 is 11.0 Å². The average Bonchev–Trinajstić information content (AvgIpc) is 2.68. The molecule has 0 atom stereocenters. The maximum Gasteiger partial charge on any atom is 0.417 e. The molecule has 136 valence electrons. The molecule has 0 unspecified atom stereocenters. The third-order valence-corrected chi connectivity index (χ3v) is 3.59. The van der Waals surface area contributed by atoms with Gasteiger partial charge in [0.25, 0.3) is 5.69 Å². The van der Waals surface area contributed by atoms with E-state index in [0.717, 1.165) is 5.56 Å². The maximum atomic E-state index is 12.0. The Hall–Kier alpha value is -3.87. The van der Waals surface area contributed by atoms with Crippen molar-refractivity contribution in [3.05, 3.63) is 94.5 Å². The highest BCUT2D eigenvalue weighted by atomic mass is 16.6. The number of rotatable bonds is 6. The summed E-state index contributed by atoms with van der Waals surface area (Å²) in [4.78, 5) is 22.1. The normalized spacial score (nSPS) is 10.1. The molecular weight excluding hydrogens is 348 g/mol. The fourth-order valence-corrected chi connectivity index (χ4v) is 2.29. The number of anilines is 1. The predicted molar refractivity (Wildman–Crippen MR) is 100.0 cm³/mol. The summed E-state index contributed by atoms with van der Waals surface area (Å²) < 4.78 is 10.8. The quantitative estimate of drug-likeness (QED) is 0.502. The molecule has 0 bridgehead atoms. The second-order valence-electron chi connectivity index (χ2n) is 5.57. The van der Waals surface area contributed by atoms with Gasteiger partial charge in [0.15, 0.2) is 0 Å². The van der Waals surface area contributed by atoms with E-state index in [1.807, 2.05) is 30.3 Å². The van der Waals surface area contributed by atoms with Gasteiger partial charge in [0.2, 0.25) is 0 Å². The van der Waals surface area contributed by atoms with E-state index in [-0.39, 0.29) is 11.4 Å². The highest BCUT2D eigenvalue weighted by Gasteiger charge is 2.09. The lowest BCUT2D eigenvalue weighted by Crippen LogP contribution is -2.16. The van der Waals surface area contributed by atoms with Crippen LogP contribution in [0.1, 0.15) is 5.56 Å². The Bertz CT molecular complexity index is 927. The highest BCUT2D eigenvalue weighted by Crippen LogP contribution is 2.20. The van der Waals surface area contributed by atoms with Crippen molar-refractivity contribution in [1.82, 2.24) is 0 Å². The molecule has 0 heterocycles. The molecule has 0 saturated carbocycles. The van der Waals surface area contributed by atoms with Gasteiger partial charge in [-0.3, -0.25) is 15.4 Å². The number of nitro groups is 1. The predicted octanol–water partition coefficient (Wildman–Crippen LogP) is 4.78. The van der Waals surface area contributed by atoms with Crippen LogP contribution >= 0.6 is 0 Å². The lowest BCUT2D eigenvalue weighted by atomic mass is 10.2. The first-order valence-corrected chi connectivity index (χ1v) is 8.10. The number of amides is 1. The number of ether oxygens (including phenoxy) is 2. The van der Waals surface area contributed by atoms with Crippen LogP contribution < -0.4 is 14.8 Å². The van der Waals surface area contributed by atoms with Crippen molar-refractivity contribution >= 4 is 17.5 Å². The van der Waals surface area contributed by atoms with Crippen LogP contribution in [0, 0.1) is 10.1 Å². The molecule has 27 heavy (non-hydrogen) atoms. The summed E-state index contributed by atoms with van der Waals surface area (Å²) in [7, 11) is 0. The van der Waals surface area contributed by atoms with Gasteiger partial charge in [-0.1, -0.05) is 36.4 Å². The van der Waals surface area contributed by atoms with E-state index in [4.69, 9.17) is 9.47 Å². The van der Waals surface area contributed by atoms with Crippen LogP contribution in [0.15, 0.2) is 78.9 Å². The number of nitrogens with zero attached hydrogens (tertiary/aromatic N) is 1. The fourth-order valence-electron chi connectivity index (χ4n) is 2.29. The Morgan fingerprint density at radius 2 is 1.67 bits per heavy atom. The van der Waals surface area contributed by atoms with E-state index in [1.165, 1.54) is 24.3 Å². The summed E-state index contributed by atoms with van der Waals surface area (Å²) in [6, 6.07) is 21.9. The van der Waals surface area contributed by atoms with Gasteiger partial charge in [-0.2, -0.15) is 0 Å². The van der Waals surface area contributed by atoms with E-state index in [1.54, 1.807) is 24.3 Å². The number of non-ortho nitro benzene ring substituents is 1. The van der Waals surface area contributed by atoms with Crippen LogP contribution in [0.4, 0.5) is 16.2 Å². The zero-order chi connectivity index (χ0) is 19.1. The SMILES string of the molecule is O=C(Nc1cccc(OCc2ccccc2)c1)Oc1ccc([N+](=O)[O-])cc1. The van der Waals surface area contributed by atoms with Gasteiger partial charge < -0.3 is 9.47 Å². The maximum absolute atomic E-state index is 12.0. The van der Waals surface area contributed by atoms with Crippen molar-refractivity contribution in [1.29, 1.82) is 0 Å². The second-order valence-corrected chi connectivity index (χ2v) is 5.57. The zero-order valence-electron chi connectivity index (χ0n) is 14.2. The molecule has 0 aliphatic carbocycles. The number of carbonyl (C=O) groups is 1. The van der Waals surface area contributed by atoms with Gasteiger partial charge in [-0.05, 0) is 29.8 Å². The zero-order valence-corrected chi connectivity index (χ0v) is 14.2. The summed E-state index contributed by atoms with van der Waals surface area (Å²) in [5, 5.41) is 13.2. The van der Waals surface area contributed by atoms with Crippen molar-refractivity contribution in [2.45, 2.75) is 6.61 Å². The lowest BCUT2D eigenvalue weighted by molar-refractivity contribution is -0.384. The van der Waals surface area contributed by atoms with Gasteiger partial charge in [0.1, 0.15) is 18.1 Å². The van der Waals surface area contributed by atoms with Crippen LogP contribution in [0.5, 0.6) is 11.5 Å². The van der Waals surface area contributed by atoms with Crippen LogP contribution in [0.2, 0.25) is 0 Å². The second kappa shape index (κ2) is 8.48. The summed E-state index contributed by atoms with van der Waals surface area (Å²) >= 11 is 0. The van der Waals surface area contributed by atoms with Crippen molar-refractivity contribution < 1.29 is 19.2 Å². The molecule has 7 nitrogen and oxygen atoms in total. The van der Waals surface area contributed by atoms with Gasteiger partial charge in [-0.15, -0.1) is 0 Å². The van der Waals surface area contributed by atoms with Crippen LogP contribution in [0.25, 0.3) is 0 Å². The van der Waals surface area contributed by atoms with Crippen LogP contribution in [-0.2, 0) is 6.61 Å². The molecule has 0 aliphatic rings. The molecule has 0 radical (unpaired) electrons. The minimum absolute atomic E-state index is 0.0778. The van der Waals surface area contributed by atoms with Crippen molar-refractivity contribution in [2.75, 3.05) is 5.32 Å². The average molecular weight is 364 g/mol. The Kier molecular flexibility index (Phi) is 5.64. The number of nitro benzene ring substituents is 1. The Labute approximate surface area is 155 Å². The molecule has 3 aromatic rings. The van der Waals surface area contributed by atoms with Crippen molar-refractivity contribution in [2.24, 2.45) is 0 Å². The molecule has 0 fully saturated rings. The molecule has 1 N–H and O–H groups in total. The largest absolute Gasteiger partial charge is 0.489 e. The molecule has 0 spiro atoms. The molecule has 7 heteroatoms. The van der Waals surface area contributed by atoms with Crippen molar-refractivity contribution in [3.63, 3.8) is 0 Å². The highest BCUT2D eigenvalue weighted by molar-refractivity contribution is 5.86. The molecule has 0 aromatic heterocycles. The number of carbonyl (C=O) groups excluding carboxylic acids is 1. The smallest absolute Gasteiger partial charge is 0.417 e. The number of benzene rings is 3. The summed E-state index contributed by atoms with van der Waals surface area (Å²) in [5.74, 6) is 0.807. The van der Waals surface area contributed by atoms with Crippen LogP contribution in [0.3, 0.4) is 0 Å². The monoisotopic (exact) mass is 364 g/mol. The molecule has 0 saturated heterocycles. The molecule has 1 amide bonds. The van der Waals surface area contributed by atoms with E-state index in [9.17, 15) is 14.9 Å². The van der Waals surface area contributed by atoms with Gasteiger partial charge in [-0.25, -0.2) is 4.79 Å². The number of hydrogen-bond acceptors (Lipinski definition) is 5. The molecule has 3 rings (SSSR count). The van der Waals surface area contributed by atoms with Crippen LogP contribution in [-0.4, -0.2) is 11.0 Å². The summed E-state index contributed by atoms with van der Waals surface area (Å²) in [6.45, 7) is 0.414. The van der Waals surface area contributed by atoms with E-state index in [2.05, 4.69) is 5.32 Å². The third kappa shape index (κ3) is 5.30. The molecule has 3 aromatic carbocycles. The van der Waals surface area contributed by atoms with Gasteiger partial charge in [0, 0.05) is 23.9 Å². The van der Waals surface area contributed by atoms with E-state index >= 15 is 0 Å². The number of hydrogen-bond donors (Lipinski definition) is 1. The van der Waals surface area contributed by atoms with Gasteiger partial charge >= 0.3 is 6.09 Å². The standard InChI is InChI=1S/C20H16N2O5/c23-20(27-18-11-9-17(10-12-18)22(24)25)21-16-7-4-8-19(13-16)26-14-15-5-2-1-3-6-15/h1-13H,14H2,(H,21,23). The lowest BCUT2D eigenvalue weighted by Gasteiger charge is -2.09. The van der Waals surface area contributed by atoms with E-state index in [0.29, 0.717) is 18.0 Å². The third-order valence-electron chi connectivity index (χ3n) is 3.59. The first kappa shape index (κ1) is 17.9. The Balaban J connectivity index is 1.56. The van der Waals surface area contributed by atoms with Gasteiger partial charge in [0.05, 0.1) is 4.92 Å². The Morgan fingerprint density at radius 1 is 0.926 bits per heavy atom. The molecular formula is C20H16N2O5. The number of nitrogens with one attached hydrogen (secondary N) is 1. The minimum atomic E-state index is -0.705. The first-order chi connectivity index (χ1) is 13.1. The minimum Gasteiger partial charge on any atom is -0.489 e. The van der Waals surface area contributed by atoms with Crippen molar-refractivity contribution in [3.8, 4) is 11.5 Å². The topological polar surface area (TPSA) is 90.7 Å². The first-order valence-electron chi connectivity index (χ1n) is 8.10. The fraction of sp³-hybridized carbons (Fsp3) is 0.0500. The molecule has 0 aliphatic heterocycles.